The van der Waals surface area contributed by atoms with Crippen molar-refractivity contribution in [3.8, 4) is 0 Å². The van der Waals surface area contributed by atoms with Crippen LogP contribution in [0.2, 0.25) is 0 Å². The quantitative estimate of drug-likeness (QED) is 0.797. The van der Waals surface area contributed by atoms with E-state index in [1.807, 2.05) is 30.3 Å². The molecule has 0 aliphatic rings. The Hall–Kier alpha value is -2.08. The number of hydrogen-bond donors (Lipinski definition) is 1. The van der Waals surface area contributed by atoms with Gasteiger partial charge >= 0.3 is 0 Å². The van der Waals surface area contributed by atoms with E-state index in [-0.39, 0.29) is 0 Å². The molecule has 0 fully saturated rings. The van der Waals surface area contributed by atoms with Crippen molar-refractivity contribution in [2.75, 3.05) is 0 Å². The zero-order valence-corrected chi connectivity index (χ0v) is 14.9. The summed E-state index contributed by atoms with van der Waals surface area (Å²) in [6.45, 7) is 4.23. The summed E-state index contributed by atoms with van der Waals surface area (Å²) in [6.07, 6.45) is 3.53. The van der Waals surface area contributed by atoms with E-state index in [1.54, 1.807) is 36.7 Å². The van der Waals surface area contributed by atoms with Gasteiger partial charge in [0, 0.05) is 12.7 Å². The maximum atomic E-state index is 12.4. The Morgan fingerprint density at radius 1 is 1.08 bits per heavy atom. The first kappa shape index (κ1) is 18.3. The fourth-order valence-corrected chi connectivity index (χ4v) is 4.11. The molecule has 6 heteroatoms. The Balaban J connectivity index is 2.07. The number of amides is 1. The molecule has 24 heavy (non-hydrogen) atoms. The Kier molecular flexibility index (Phi) is 6.20. The molecule has 1 aromatic carbocycles. The van der Waals surface area contributed by atoms with Crippen LogP contribution in [0.3, 0.4) is 0 Å². The van der Waals surface area contributed by atoms with E-state index in [0.717, 1.165) is 6.42 Å². The summed E-state index contributed by atoms with van der Waals surface area (Å²) in [5, 5.41) is -0.547. The van der Waals surface area contributed by atoms with Crippen LogP contribution in [0.25, 0.3) is 0 Å². The zero-order valence-electron chi connectivity index (χ0n) is 14.1. The maximum absolute atomic E-state index is 12.4. The van der Waals surface area contributed by atoms with Gasteiger partial charge in [-0.25, -0.2) is 13.1 Å². The van der Waals surface area contributed by atoms with Gasteiger partial charge < -0.3 is 4.57 Å². The van der Waals surface area contributed by atoms with Gasteiger partial charge in [-0.2, -0.15) is 0 Å². The average molecular weight is 348 g/mol. The van der Waals surface area contributed by atoms with Crippen LogP contribution < -0.4 is 4.72 Å². The minimum absolute atomic E-state index is 0.362. The summed E-state index contributed by atoms with van der Waals surface area (Å²) in [5.41, 5.74) is 1.53. The summed E-state index contributed by atoms with van der Waals surface area (Å²) < 4.78 is 28.5. The third kappa shape index (κ3) is 4.47. The molecule has 2 aromatic rings. The van der Waals surface area contributed by atoms with Gasteiger partial charge in [-0.15, -0.1) is 0 Å². The van der Waals surface area contributed by atoms with Gasteiger partial charge in [0.05, 0.1) is 5.25 Å². The number of benzene rings is 1. The Bertz CT molecular complexity index is 763. The van der Waals surface area contributed by atoms with Gasteiger partial charge in [0.1, 0.15) is 5.69 Å². The van der Waals surface area contributed by atoms with Crippen LogP contribution in [0.15, 0.2) is 48.7 Å². The molecule has 0 bridgehead atoms. The van der Waals surface area contributed by atoms with E-state index >= 15 is 0 Å². The molecule has 0 aliphatic carbocycles. The second-order valence-corrected chi connectivity index (χ2v) is 7.70. The van der Waals surface area contributed by atoms with Gasteiger partial charge in [0.25, 0.3) is 5.91 Å². The van der Waals surface area contributed by atoms with Gasteiger partial charge in [0.15, 0.2) is 0 Å². The summed E-state index contributed by atoms with van der Waals surface area (Å²) in [6, 6.07) is 13.4. The second-order valence-electron chi connectivity index (χ2n) is 5.74. The number of aromatic nitrogens is 1. The van der Waals surface area contributed by atoms with Gasteiger partial charge in [0.2, 0.25) is 10.0 Å². The van der Waals surface area contributed by atoms with Crippen molar-refractivity contribution in [1.82, 2.24) is 9.29 Å². The molecule has 1 amide bonds. The summed E-state index contributed by atoms with van der Waals surface area (Å²) in [4.78, 5) is 12.4. The first-order chi connectivity index (χ1) is 11.5. The first-order valence-corrected chi connectivity index (χ1v) is 9.77. The minimum atomic E-state index is -3.64. The van der Waals surface area contributed by atoms with Gasteiger partial charge in [-0.3, -0.25) is 4.79 Å². The van der Waals surface area contributed by atoms with Crippen LogP contribution in [0.5, 0.6) is 0 Å². The highest BCUT2D eigenvalue weighted by Gasteiger charge is 2.25. The topological polar surface area (TPSA) is 68.2 Å². The van der Waals surface area contributed by atoms with E-state index in [9.17, 15) is 13.2 Å². The fourth-order valence-electron chi connectivity index (χ4n) is 2.70. The molecule has 1 aromatic heterocycles. The fraction of sp³-hybridized carbons (Fsp3) is 0.389. The Labute approximate surface area is 143 Å². The van der Waals surface area contributed by atoms with Crippen molar-refractivity contribution in [3.05, 3.63) is 59.9 Å². The van der Waals surface area contributed by atoms with Crippen LogP contribution in [0.1, 0.15) is 42.7 Å². The molecule has 0 atom stereocenters. The molecule has 0 spiro atoms. The number of carbonyl (C=O) groups is 1. The Morgan fingerprint density at radius 2 is 1.75 bits per heavy atom. The number of rotatable bonds is 8. The lowest BCUT2D eigenvalue weighted by Gasteiger charge is -2.15. The molecular formula is C18H24N2O3S. The molecule has 0 saturated carbocycles. The molecule has 0 radical (unpaired) electrons. The monoisotopic (exact) mass is 348 g/mol. The van der Waals surface area contributed by atoms with Crippen molar-refractivity contribution in [3.63, 3.8) is 0 Å². The van der Waals surface area contributed by atoms with Crippen molar-refractivity contribution in [2.24, 2.45) is 0 Å². The van der Waals surface area contributed by atoms with Crippen LogP contribution in [-0.2, 0) is 23.0 Å². The number of hydrogen-bond acceptors (Lipinski definition) is 3. The highest BCUT2D eigenvalue weighted by Crippen LogP contribution is 2.11. The number of sulfonamides is 1. The normalized spacial score (nSPS) is 11.6. The first-order valence-electron chi connectivity index (χ1n) is 8.23. The van der Waals surface area contributed by atoms with Crippen LogP contribution in [0, 0.1) is 0 Å². The number of aryl methyl sites for hydroxylation is 2. The summed E-state index contributed by atoms with van der Waals surface area (Å²) in [7, 11) is -3.64. The molecule has 130 valence electrons. The van der Waals surface area contributed by atoms with E-state index in [2.05, 4.69) is 4.72 Å². The van der Waals surface area contributed by atoms with Crippen molar-refractivity contribution in [2.45, 2.75) is 44.9 Å². The predicted molar refractivity (Wildman–Crippen MR) is 95.3 cm³/mol. The van der Waals surface area contributed by atoms with Gasteiger partial charge in [-0.05, 0) is 37.0 Å². The average Bonchev–Trinajstić information content (AvgIpc) is 3.03. The molecule has 5 nitrogen and oxygen atoms in total. The van der Waals surface area contributed by atoms with Crippen molar-refractivity contribution in [1.29, 1.82) is 0 Å². The molecule has 1 N–H and O–H groups in total. The van der Waals surface area contributed by atoms with Gasteiger partial charge in [-0.1, -0.05) is 44.2 Å². The summed E-state index contributed by atoms with van der Waals surface area (Å²) in [5.74, 6) is -0.569. The second kappa shape index (κ2) is 8.15. The molecule has 1 heterocycles. The zero-order chi connectivity index (χ0) is 17.6. The number of nitrogens with one attached hydrogen (secondary N) is 1. The maximum Gasteiger partial charge on any atom is 0.281 e. The third-order valence-electron chi connectivity index (χ3n) is 4.13. The molecule has 2 rings (SSSR count). The smallest absolute Gasteiger partial charge is 0.281 e. The predicted octanol–water partition coefficient (Wildman–Crippen LogP) is 2.98. The molecule has 0 saturated heterocycles. The van der Waals surface area contributed by atoms with E-state index in [1.165, 1.54) is 5.56 Å². The van der Waals surface area contributed by atoms with Crippen LogP contribution in [0.4, 0.5) is 0 Å². The highest BCUT2D eigenvalue weighted by atomic mass is 32.2. The van der Waals surface area contributed by atoms with E-state index in [4.69, 9.17) is 0 Å². The lowest BCUT2D eigenvalue weighted by Crippen LogP contribution is -2.38. The standard InChI is InChI=1S/C18H24N2O3S/c1-3-16(4-2)24(22,23)19-18(21)17-11-8-13-20(17)14-12-15-9-6-5-7-10-15/h5-11,13,16H,3-4,12,14H2,1-2H3,(H,19,21). The lowest BCUT2D eigenvalue weighted by molar-refractivity contribution is 0.0972. The number of nitrogens with zero attached hydrogens (tertiary/aromatic N) is 1. The molecule has 0 aliphatic heterocycles. The van der Waals surface area contributed by atoms with E-state index < -0.39 is 21.2 Å². The number of carbonyl (C=O) groups excluding carboxylic acids is 1. The van der Waals surface area contributed by atoms with E-state index in [0.29, 0.717) is 25.1 Å². The van der Waals surface area contributed by atoms with Crippen LogP contribution in [-0.4, -0.2) is 24.1 Å². The lowest BCUT2D eigenvalue weighted by atomic mass is 10.1. The largest absolute Gasteiger partial charge is 0.343 e. The minimum Gasteiger partial charge on any atom is -0.343 e. The SMILES string of the molecule is CCC(CC)S(=O)(=O)NC(=O)c1cccn1CCc1ccccc1. The van der Waals surface area contributed by atoms with Crippen molar-refractivity contribution < 1.29 is 13.2 Å². The molecule has 0 unspecified atom stereocenters. The molecular weight excluding hydrogens is 324 g/mol. The third-order valence-corrected chi connectivity index (χ3v) is 6.15. The van der Waals surface area contributed by atoms with Crippen molar-refractivity contribution >= 4 is 15.9 Å². The Morgan fingerprint density at radius 3 is 2.38 bits per heavy atom. The summed E-state index contributed by atoms with van der Waals surface area (Å²) >= 11 is 0. The van der Waals surface area contributed by atoms with Crippen LogP contribution >= 0.6 is 0 Å². The highest BCUT2D eigenvalue weighted by molar-refractivity contribution is 7.90.